The lowest BCUT2D eigenvalue weighted by Gasteiger charge is -2.35. The van der Waals surface area contributed by atoms with Gasteiger partial charge in [0.2, 0.25) is 0 Å². The maximum absolute atomic E-state index is 13.3. The van der Waals surface area contributed by atoms with Crippen LogP contribution in [0.2, 0.25) is 0 Å². The molecule has 0 radical (unpaired) electrons. The number of carbonyl (C=O) groups excluding carboxylic acids is 2. The molecule has 2 aromatic carbocycles. The van der Waals surface area contributed by atoms with E-state index in [2.05, 4.69) is 45.2 Å². The van der Waals surface area contributed by atoms with Crippen molar-refractivity contribution in [1.29, 1.82) is 0 Å². The Bertz CT molecular complexity index is 1040. The molecule has 1 aliphatic heterocycles. The van der Waals surface area contributed by atoms with Gasteiger partial charge in [-0.3, -0.25) is 14.5 Å². The number of rotatable bonds is 5. The predicted octanol–water partition coefficient (Wildman–Crippen LogP) is 3.74. The minimum atomic E-state index is -0.811. The summed E-state index contributed by atoms with van der Waals surface area (Å²) in [6.45, 7) is 1.99. The van der Waals surface area contributed by atoms with E-state index in [-0.39, 0.29) is 11.7 Å². The summed E-state index contributed by atoms with van der Waals surface area (Å²) in [7, 11) is 0. The van der Waals surface area contributed by atoms with Gasteiger partial charge in [-0.05, 0) is 58.1 Å². The van der Waals surface area contributed by atoms with Gasteiger partial charge in [-0.15, -0.1) is 0 Å². The number of hydrogen-bond acceptors (Lipinski definition) is 4. The number of nitrogens with one attached hydrogen (secondary N) is 2. The molecule has 0 spiro atoms. The number of thiophene rings is 1. The van der Waals surface area contributed by atoms with Crippen LogP contribution in [0.5, 0.6) is 0 Å². The smallest absolute Gasteiger partial charge is 0.313 e. The molecule has 1 unspecified atom stereocenters. The number of anilines is 1. The topological polar surface area (TPSA) is 61.4 Å². The van der Waals surface area contributed by atoms with Crippen molar-refractivity contribution in [3.63, 3.8) is 0 Å². The molecular formula is C23H22FN3O2S. The van der Waals surface area contributed by atoms with Crippen molar-refractivity contribution >= 4 is 28.8 Å². The molecule has 2 amide bonds. The third kappa shape index (κ3) is 4.75. The highest BCUT2D eigenvalue weighted by Gasteiger charge is 2.26. The first-order chi connectivity index (χ1) is 14.6. The fourth-order valence-corrected chi connectivity index (χ4v) is 4.44. The lowest BCUT2D eigenvalue weighted by atomic mass is 9.97. The number of halogens is 1. The monoisotopic (exact) mass is 423 g/mol. The van der Waals surface area contributed by atoms with Crippen molar-refractivity contribution in [3.05, 3.63) is 87.9 Å². The molecule has 0 bridgehead atoms. The van der Waals surface area contributed by atoms with Crippen molar-refractivity contribution in [1.82, 2.24) is 10.2 Å². The van der Waals surface area contributed by atoms with Gasteiger partial charge in [-0.2, -0.15) is 11.3 Å². The van der Waals surface area contributed by atoms with Gasteiger partial charge in [0.15, 0.2) is 0 Å². The first-order valence-corrected chi connectivity index (χ1v) is 10.7. The summed E-state index contributed by atoms with van der Waals surface area (Å²) < 4.78 is 13.3. The Morgan fingerprint density at radius 1 is 1.07 bits per heavy atom. The Balaban J connectivity index is 1.42. The number of amides is 2. The number of benzene rings is 2. The van der Waals surface area contributed by atoms with Gasteiger partial charge in [-0.1, -0.05) is 30.3 Å². The van der Waals surface area contributed by atoms with Crippen LogP contribution in [-0.4, -0.2) is 29.8 Å². The molecule has 7 heteroatoms. The Labute approximate surface area is 178 Å². The zero-order valence-corrected chi connectivity index (χ0v) is 17.1. The molecular weight excluding hydrogens is 401 g/mol. The van der Waals surface area contributed by atoms with E-state index in [1.54, 1.807) is 11.3 Å². The summed E-state index contributed by atoms with van der Waals surface area (Å²) in [5, 5.41) is 9.26. The van der Waals surface area contributed by atoms with Crippen LogP contribution < -0.4 is 10.6 Å². The maximum Gasteiger partial charge on any atom is 0.313 e. The zero-order chi connectivity index (χ0) is 20.9. The second-order valence-corrected chi connectivity index (χ2v) is 8.02. The third-order valence-corrected chi connectivity index (χ3v) is 5.98. The largest absolute Gasteiger partial charge is 0.346 e. The number of hydrogen-bond donors (Lipinski definition) is 2. The minimum Gasteiger partial charge on any atom is -0.346 e. The molecule has 4 rings (SSSR count). The second kappa shape index (κ2) is 9.19. The summed E-state index contributed by atoms with van der Waals surface area (Å²) in [5.74, 6) is -2.03. The van der Waals surface area contributed by atoms with Gasteiger partial charge >= 0.3 is 11.8 Å². The quantitative estimate of drug-likeness (QED) is 0.615. The number of fused-ring (bicyclic) bond motifs is 1. The highest BCUT2D eigenvalue weighted by Crippen LogP contribution is 2.28. The SMILES string of the molecule is O=C(NCC(c1ccsc1)N1CCc2ccccc2C1)C(=O)Nc1cccc(F)c1. The minimum absolute atomic E-state index is 0.0319. The fourth-order valence-electron chi connectivity index (χ4n) is 3.73. The molecule has 2 N–H and O–H groups in total. The number of nitrogens with zero attached hydrogens (tertiary/aromatic N) is 1. The molecule has 1 atom stereocenters. The van der Waals surface area contributed by atoms with Crippen LogP contribution in [-0.2, 0) is 22.6 Å². The summed E-state index contributed by atoms with van der Waals surface area (Å²) in [6.07, 6.45) is 0.949. The van der Waals surface area contributed by atoms with Gasteiger partial charge in [0.05, 0.1) is 6.04 Å². The van der Waals surface area contributed by atoms with Crippen LogP contribution in [0.15, 0.2) is 65.4 Å². The Morgan fingerprint density at radius 2 is 1.90 bits per heavy atom. The first-order valence-electron chi connectivity index (χ1n) is 9.78. The van der Waals surface area contributed by atoms with Crippen molar-refractivity contribution in [2.24, 2.45) is 0 Å². The zero-order valence-electron chi connectivity index (χ0n) is 16.3. The average molecular weight is 424 g/mol. The van der Waals surface area contributed by atoms with E-state index < -0.39 is 17.6 Å². The molecule has 0 saturated heterocycles. The van der Waals surface area contributed by atoms with Crippen LogP contribution in [0.25, 0.3) is 0 Å². The van der Waals surface area contributed by atoms with Gasteiger partial charge in [-0.25, -0.2) is 4.39 Å². The van der Waals surface area contributed by atoms with Crippen molar-refractivity contribution in [2.75, 3.05) is 18.4 Å². The molecule has 0 saturated carbocycles. The van der Waals surface area contributed by atoms with Crippen molar-refractivity contribution < 1.29 is 14.0 Å². The highest BCUT2D eigenvalue weighted by atomic mass is 32.1. The molecule has 0 fully saturated rings. The van der Waals surface area contributed by atoms with Gasteiger partial charge in [0.25, 0.3) is 0 Å². The van der Waals surface area contributed by atoms with Crippen LogP contribution in [0, 0.1) is 5.82 Å². The van der Waals surface area contributed by atoms with Gasteiger partial charge < -0.3 is 10.6 Å². The summed E-state index contributed by atoms with van der Waals surface area (Å²) in [6, 6.07) is 15.9. The standard InChI is InChI=1S/C23H22FN3O2S/c24-19-6-3-7-20(12-19)26-23(29)22(28)25-13-21(18-9-11-30-15-18)27-10-8-16-4-1-2-5-17(16)14-27/h1-7,9,11-12,15,21H,8,10,13-14H2,(H,25,28)(H,26,29). The predicted molar refractivity (Wildman–Crippen MR) is 116 cm³/mol. The Kier molecular flexibility index (Phi) is 6.21. The summed E-state index contributed by atoms with van der Waals surface area (Å²) in [4.78, 5) is 26.9. The van der Waals surface area contributed by atoms with E-state index in [1.807, 2.05) is 11.4 Å². The molecule has 1 aromatic heterocycles. The maximum atomic E-state index is 13.3. The molecule has 2 heterocycles. The fraction of sp³-hybridized carbons (Fsp3) is 0.217. The third-order valence-electron chi connectivity index (χ3n) is 5.27. The second-order valence-electron chi connectivity index (χ2n) is 7.24. The Hall–Kier alpha value is -3.03. The molecule has 0 aliphatic carbocycles. The van der Waals surface area contributed by atoms with Crippen LogP contribution in [0.4, 0.5) is 10.1 Å². The summed E-state index contributed by atoms with van der Waals surface area (Å²) in [5.41, 5.74) is 4.01. The van der Waals surface area contributed by atoms with Crippen LogP contribution in [0.1, 0.15) is 22.7 Å². The Morgan fingerprint density at radius 3 is 2.67 bits per heavy atom. The summed E-state index contributed by atoms with van der Waals surface area (Å²) >= 11 is 1.61. The van der Waals surface area contributed by atoms with Crippen LogP contribution in [0.3, 0.4) is 0 Å². The lowest BCUT2D eigenvalue weighted by molar-refractivity contribution is -0.136. The van der Waals surface area contributed by atoms with Crippen LogP contribution >= 0.6 is 11.3 Å². The number of carbonyl (C=O) groups is 2. The van der Waals surface area contributed by atoms with E-state index >= 15 is 0 Å². The van der Waals surface area contributed by atoms with Gasteiger partial charge in [0.1, 0.15) is 5.82 Å². The molecule has 5 nitrogen and oxygen atoms in total. The lowest BCUT2D eigenvalue weighted by Crippen LogP contribution is -2.43. The van der Waals surface area contributed by atoms with E-state index in [0.29, 0.717) is 6.54 Å². The van der Waals surface area contributed by atoms with E-state index in [4.69, 9.17) is 0 Å². The average Bonchev–Trinajstić information content (AvgIpc) is 3.28. The van der Waals surface area contributed by atoms with Crippen molar-refractivity contribution in [2.45, 2.75) is 19.0 Å². The van der Waals surface area contributed by atoms with E-state index in [9.17, 15) is 14.0 Å². The van der Waals surface area contributed by atoms with E-state index in [0.717, 1.165) is 25.1 Å². The normalized spacial score (nSPS) is 14.6. The van der Waals surface area contributed by atoms with Crippen molar-refractivity contribution in [3.8, 4) is 0 Å². The first kappa shape index (κ1) is 20.3. The molecule has 1 aliphatic rings. The van der Waals surface area contributed by atoms with E-state index in [1.165, 1.54) is 35.4 Å². The van der Waals surface area contributed by atoms with Gasteiger partial charge in [0, 0.05) is 25.3 Å². The molecule has 3 aromatic rings. The molecule has 30 heavy (non-hydrogen) atoms. The molecule has 154 valence electrons. The highest BCUT2D eigenvalue weighted by molar-refractivity contribution is 7.08.